The summed E-state index contributed by atoms with van der Waals surface area (Å²) < 4.78 is 5.74. The Balaban J connectivity index is 2.17. The van der Waals surface area contributed by atoms with E-state index in [0.717, 1.165) is 24.8 Å². The Kier molecular flexibility index (Phi) is 3.60. The van der Waals surface area contributed by atoms with Crippen LogP contribution in [0.4, 0.5) is 0 Å². The molecule has 0 aromatic heterocycles. The van der Waals surface area contributed by atoms with Gasteiger partial charge in [-0.15, -0.1) is 0 Å². The second-order valence-corrected chi connectivity index (χ2v) is 6.87. The summed E-state index contributed by atoms with van der Waals surface area (Å²) in [6, 6.07) is 0. The average Bonchev–Trinajstić information content (AvgIpc) is 2.87. The van der Waals surface area contributed by atoms with Crippen molar-refractivity contribution in [2.75, 3.05) is 0 Å². The lowest BCUT2D eigenvalue weighted by atomic mass is 9.80. The summed E-state index contributed by atoms with van der Waals surface area (Å²) in [7, 11) is 0. The lowest BCUT2D eigenvalue weighted by Crippen LogP contribution is -2.28. The molecule has 0 amide bonds. The van der Waals surface area contributed by atoms with Crippen molar-refractivity contribution in [1.82, 2.24) is 0 Å². The predicted octanol–water partition coefficient (Wildman–Crippen LogP) is 2.41. The van der Waals surface area contributed by atoms with Crippen LogP contribution in [0.2, 0.25) is 0 Å². The van der Waals surface area contributed by atoms with Crippen LogP contribution in [0.1, 0.15) is 53.4 Å². The van der Waals surface area contributed by atoms with Gasteiger partial charge in [-0.3, -0.25) is 0 Å². The summed E-state index contributed by atoms with van der Waals surface area (Å²) in [4.78, 5) is 0. The Hall–Kier alpha value is -0.380. The normalized spacial score (nSPS) is 47.4. The average molecular weight is 254 g/mol. The molecule has 0 radical (unpaired) electrons. The van der Waals surface area contributed by atoms with Gasteiger partial charge in [0.15, 0.2) is 0 Å². The molecule has 2 rings (SSSR count). The molecule has 2 aliphatic rings. The first-order chi connectivity index (χ1) is 8.24. The summed E-state index contributed by atoms with van der Waals surface area (Å²) in [5, 5.41) is 20.4. The molecule has 0 saturated carbocycles. The zero-order valence-electron chi connectivity index (χ0n) is 11.9. The Labute approximate surface area is 110 Å². The second-order valence-electron chi connectivity index (χ2n) is 6.87. The van der Waals surface area contributed by atoms with E-state index in [4.69, 9.17) is 4.74 Å². The van der Waals surface area contributed by atoms with Crippen molar-refractivity contribution in [3.63, 3.8) is 0 Å². The minimum Gasteiger partial charge on any atom is -0.389 e. The van der Waals surface area contributed by atoms with E-state index in [0.29, 0.717) is 6.42 Å². The van der Waals surface area contributed by atoms with Gasteiger partial charge in [0.1, 0.15) is 0 Å². The third-order valence-electron chi connectivity index (χ3n) is 4.71. The van der Waals surface area contributed by atoms with E-state index >= 15 is 0 Å². The van der Waals surface area contributed by atoms with Gasteiger partial charge in [-0.25, -0.2) is 0 Å². The number of epoxide rings is 1. The van der Waals surface area contributed by atoms with Crippen molar-refractivity contribution in [3.05, 3.63) is 11.6 Å². The van der Waals surface area contributed by atoms with Crippen molar-refractivity contribution in [2.45, 2.75) is 77.3 Å². The van der Waals surface area contributed by atoms with Crippen molar-refractivity contribution in [3.8, 4) is 0 Å². The smallest absolute Gasteiger partial charge is 0.0921 e. The van der Waals surface area contributed by atoms with Gasteiger partial charge in [0.05, 0.1) is 23.9 Å². The number of ether oxygens (including phenoxy) is 1. The van der Waals surface area contributed by atoms with Crippen LogP contribution in [0.15, 0.2) is 11.6 Å². The molecule has 0 aromatic rings. The topological polar surface area (TPSA) is 53.0 Å². The van der Waals surface area contributed by atoms with Gasteiger partial charge in [0, 0.05) is 6.42 Å². The monoisotopic (exact) mass is 254 g/mol. The van der Waals surface area contributed by atoms with Gasteiger partial charge < -0.3 is 14.9 Å². The van der Waals surface area contributed by atoms with Gasteiger partial charge in [-0.05, 0) is 44.1 Å². The minimum atomic E-state index is -0.500. The third kappa shape index (κ3) is 2.79. The lowest BCUT2D eigenvalue weighted by molar-refractivity contribution is 0.0768. The predicted molar refractivity (Wildman–Crippen MR) is 71.3 cm³/mol. The first-order valence-corrected chi connectivity index (χ1v) is 6.97. The summed E-state index contributed by atoms with van der Waals surface area (Å²) in [5.74, 6) is 0. The number of hydrogen-bond acceptors (Lipinski definition) is 3. The molecule has 3 nitrogen and oxygen atoms in total. The molecular formula is C15H26O3. The summed E-state index contributed by atoms with van der Waals surface area (Å²) in [6.45, 7) is 8.19. The van der Waals surface area contributed by atoms with Crippen LogP contribution in [-0.2, 0) is 4.74 Å². The molecular weight excluding hydrogens is 228 g/mol. The lowest BCUT2D eigenvalue weighted by Gasteiger charge is -2.29. The third-order valence-corrected chi connectivity index (χ3v) is 4.71. The van der Waals surface area contributed by atoms with E-state index in [1.165, 1.54) is 0 Å². The van der Waals surface area contributed by atoms with E-state index in [1.807, 2.05) is 13.0 Å². The molecule has 1 heterocycles. The van der Waals surface area contributed by atoms with Gasteiger partial charge >= 0.3 is 0 Å². The molecule has 4 unspecified atom stereocenters. The summed E-state index contributed by atoms with van der Waals surface area (Å²) in [6.07, 6.45) is 4.69. The van der Waals surface area contributed by atoms with Gasteiger partial charge in [0.2, 0.25) is 0 Å². The molecule has 2 N–H and O–H groups in total. The zero-order valence-corrected chi connectivity index (χ0v) is 11.9. The fraction of sp³-hybridized carbons (Fsp3) is 0.867. The van der Waals surface area contributed by atoms with Crippen molar-refractivity contribution < 1.29 is 14.9 Å². The highest BCUT2D eigenvalue weighted by atomic mass is 16.6. The fourth-order valence-corrected chi connectivity index (χ4v) is 2.83. The van der Waals surface area contributed by atoms with Crippen LogP contribution in [-0.4, -0.2) is 34.1 Å². The first kappa shape index (κ1) is 14.0. The van der Waals surface area contributed by atoms with Gasteiger partial charge in [-0.1, -0.05) is 19.9 Å². The number of aliphatic hydroxyl groups excluding tert-OH is 2. The molecule has 0 spiro atoms. The van der Waals surface area contributed by atoms with Gasteiger partial charge in [0.25, 0.3) is 0 Å². The standard InChI is InChI=1S/C15H26O3/c1-10-8-12(17)14(2,3)6-5-7-15(4)13(18-15)9-11(10)16/h8,11-13,16-17H,5-7,9H2,1-4H3/b10-8+. The molecule has 104 valence electrons. The van der Waals surface area contributed by atoms with Gasteiger partial charge in [-0.2, -0.15) is 0 Å². The SMILES string of the molecule is C/C1=C\C(O)C(C)(C)CCCC2(C)OC2CC1O. The van der Waals surface area contributed by atoms with Crippen LogP contribution < -0.4 is 0 Å². The van der Waals surface area contributed by atoms with E-state index in [9.17, 15) is 10.2 Å². The molecule has 1 fully saturated rings. The maximum atomic E-state index is 10.3. The second kappa shape index (κ2) is 4.62. The number of fused-ring (bicyclic) bond motifs is 1. The first-order valence-electron chi connectivity index (χ1n) is 6.97. The minimum absolute atomic E-state index is 0.0490. The Morgan fingerprint density at radius 2 is 1.89 bits per heavy atom. The maximum Gasteiger partial charge on any atom is 0.0921 e. The molecule has 0 aromatic carbocycles. The highest BCUT2D eigenvalue weighted by molar-refractivity contribution is 5.13. The number of rotatable bonds is 0. The quantitative estimate of drug-likeness (QED) is 0.515. The summed E-state index contributed by atoms with van der Waals surface area (Å²) >= 11 is 0. The van der Waals surface area contributed by atoms with Crippen LogP contribution in [0.3, 0.4) is 0 Å². The van der Waals surface area contributed by atoms with Crippen LogP contribution >= 0.6 is 0 Å². The molecule has 4 atom stereocenters. The highest BCUT2D eigenvalue weighted by Gasteiger charge is 2.52. The molecule has 18 heavy (non-hydrogen) atoms. The maximum absolute atomic E-state index is 10.3. The highest BCUT2D eigenvalue weighted by Crippen LogP contribution is 2.45. The Bertz CT molecular complexity index is 348. The van der Waals surface area contributed by atoms with E-state index in [-0.39, 0.29) is 17.1 Å². The number of hydrogen-bond donors (Lipinski definition) is 2. The molecule has 0 bridgehead atoms. The largest absolute Gasteiger partial charge is 0.389 e. The Morgan fingerprint density at radius 1 is 1.22 bits per heavy atom. The molecule has 1 saturated heterocycles. The molecule has 1 aliphatic heterocycles. The molecule has 3 heteroatoms. The van der Waals surface area contributed by atoms with Crippen molar-refractivity contribution >= 4 is 0 Å². The van der Waals surface area contributed by atoms with Crippen LogP contribution in [0.25, 0.3) is 0 Å². The van der Waals surface area contributed by atoms with Crippen LogP contribution in [0.5, 0.6) is 0 Å². The van der Waals surface area contributed by atoms with Crippen molar-refractivity contribution in [1.29, 1.82) is 0 Å². The van der Waals surface area contributed by atoms with Crippen molar-refractivity contribution in [2.24, 2.45) is 5.41 Å². The summed E-state index contributed by atoms with van der Waals surface area (Å²) in [5.41, 5.74) is 0.661. The van der Waals surface area contributed by atoms with E-state index in [2.05, 4.69) is 20.8 Å². The van der Waals surface area contributed by atoms with E-state index < -0.39 is 12.2 Å². The van der Waals surface area contributed by atoms with Crippen LogP contribution in [0, 0.1) is 5.41 Å². The van der Waals surface area contributed by atoms with E-state index in [1.54, 1.807) is 0 Å². The fourth-order valence-electron chi connectivity index (χ4n) is 2.83. The molecule has 1 aliphatic carbocycles. The number of aliphatic hydroxyl groups is 2. The Morgan fingerprint density at radius 3 is 2.56 bits per heavy atom. The zero-order chi connectivity index (χ0) is 13.6.